The first kappa shape index (κ1) is 17.5. The van der Waals surface area contributed by atoms with Crippen molar-refractivity contribution < 1.29 is 14.6 Å². The van der Waals surface area contributed by atoms with E-state index in [0.29, 0.717) is 25.4 Å². The molecule has 0 aromatic heterocycles. The molecule has 22 heavy (non-hydrogen) atoms. The maximum Gasteiger partial charge on any atom is 0.410 e. The molecule has 0 radical (unpaired) electrons. The van der Waals surface area contributed by atoms with Crippen LogP contribution in [0.15, 0.2) is 0 Å². The molecule has 5 nitrogen and oxygen atoms in total. The lowest BCUT2D eigenvalue weighted by atomic mass is 9.67. The normalized spacial score (nSPS) is 36.5. The third-order valence-electron chi connectivity index (χ3n) is 5.39. The summed E-state index contributed by atoms with van der Waals surface area (Å²) in [6.45, 7) is 8.72. The molecule has 1 atom stereocenters. The average molecular weight is 312 g/mol. The lowest BCUT2D eigenvalue weighted by Crippen LogP contribution is -2.63. The number of hydrogen-bond acceptors (Lipinski definition) is 4. The Morgan fingerprint density at radius 3 is 2.41 bits per heavy atom. The summed E-state index contributed by atoms with van der Waals surface area (Å²) in [7, 11) is 0. The van der Waals surface area contributed by atoms with Crippen molar-refractivity contribution in [1.29, 1.82) is 0 Å². The number of carbonyl (C=O) groups is 1. The third kappa shape index (κ3) is 3.57. The van der Waals surface area contributed by atoms with Crippen LogP contribution in [0.1, 0.15) is 66.2 Å². The summed E-state index contributed by atoms with van der Waals surface area (Å²) in [5.74, 6) is 0.701. The van der Waals surface area contributed by atoms with E-state index in [2.05, 4.69) is 6.92 Å². The van der Waals surface area contributed by atoms with Crippen molar-refractivity contribution in [3.05, 3.63) is 0 Å². The smallest absolute Gasteiger partial charge is 0.410 e. The highest BCUT2D eigenvalue weighted by molar-refractivity contribution is 5.68. The summed E-state index contributed by atoms with van der Waals surface area (Å²) in [6, 6.07) is 0. The summed E-state index contributed by atoms with van der Waals surface area (Å²) >= 11 is 0. The monoisotopic (exact) mass is 312 g/mol. The Morgan fingerprint density at radius 1 is 1.32 bits per heavy atom. The molecule has 2 aliphatic rings. The van der Waals surface area contributed by atoms with Crippen LogP contribution in [-0.4, -0.2) is 45.9 Å². The first-order valence-corrected chi connectivity index (χ1v) is 8.58. The van der Waals surface area contributed by atoms with Gasteiger partial charge < -0.3 is 20.5 Å². The molecule has 1 saturated heterocycles. The van der Waals surface area contributed by atoms with Gasteiger partial charge >= 0.3 is 6.09 Å². The summed E-state index contributed by atoms with van der Waals surface area (Å²) in [5.41, 5.74) is 4.48. The minimum atomic E-state index is -0.852. The van der Waals surface area contributed by atoms with Gasteiger partial charge in [-0.2, -0.15) is 0 Å². The van der Waals surface area contributed by atoms with E-state index in [4.69, 9.17) is 10.5 Å². The van der Waals surface area contributed by atoms with Crippen molar-refractivity contribution in [3.8, 4) is 0 Å². The first-order chi connectivity index (χ1) is 10.1. The molecule has 2 rings (SSSR count). The number of rotatable bonds is 2. The van der Waals surface area contributed by atoms with Crippen molar-refractivity contribution in [2.45, 2.75) is 83.0 Å². The third-order valence-corrected chi connectivity index (χ3v) is 5.39. The van der Waals surface area contributed by atoms with Gasteiger partial charge in [0, 0.05) is 13.1 Å². The van der Waals surface area contributed by atoms with E-state index in [1.54, 1.807) is 4.90 Å². The molecule has 0 aromatic rings. The largest absolute Gasteiger partial charge is 0.444 e. The summed E-state index contributed by atoms with van der Waals surface area (Å²) in [6.07, 6.45) is 5.01. The summed E-state index contributed by atoms with van der Waals surface area (Å²) in [4.78, 5) is 13.8. The maximum absolute atomic E-state index is 12.2. The number of aliphatic hydroxyl groups is 1. The predicted octanol–water partition coefficient (Wildman–Crippen LogP) is 2.66. The molecule has 1 amide bonds. The van der Waals surface area contributed by atoms with Crippen LogP contribution >= 0.6 is 0 Å². The van der Waals surface area contributed by atoms with Gasteiger partial charge in [-0.1, -0.05) is 13.3 Å². The Balaban J connectivity index is 1.99. The van der Waals surface area contributed by atoms with Crippen LogP contribution in [0.2, 0.25) is 0 Å². The Labute approximate surface area is 134 Å². The second kappa shape index (κ2) is 6.00. The van der Waals surface area contributed by atoms with Gasteiger partial charge in [-0.15, -0.1) is 0 Å². The number of nitrogens with zero attached hydrogens (tertiary/aromatic N) is 1. The molecule has 1 aliphatic carbocycles. The summed E-state index contributed by atoms with van der Waals surface area (Å²) < 4.78 is 5.42. The molecule has 1 saturated carbocycles. The fourth-order valence-electron chi connectivity index (χ4n) is 3.76. The molecule has 1 heterocycles. The number of likely N-dealkylation sites (tertiary alicyclic amines) is 1. The average Bonchev–Trinajstić information content (AvgIpc) is 2.82. The van der Waals surface area contributed by atoms with Gasteiger partial charge in [0.2, 0.25) is 0 Å². The van der Waals surface area contributed by atoms with E-state index < -0.39 is 16.7 Å². The van der Waals surface area contributed by atoms with Crippen LogP contribution in [-0.2, 0) is 4.74 Å². The minimum absolute atomic E-state index is 0.328. The molecule has 0 spiro atoms. The molecule has 0 aromatic carbocycles. The second-order valence-corrected chi connectivity index (χ2v) is 8.19. The quantitative estimate of drug-likeness (QED) is 0.822. The molecule has 0 bridgehead atoms. The SMILES string of the molecule is CCC1CCC(O)(C2(N)CCN(C(=O)OC(C)(C)C)C2)CC1. The number of hydrogen-bond donors (Lipinski definition) is 2. The van der Waals surface area contributed by atoms with Gasteiger partial charge in [-0.3, -0.25) is 0 Å². The zero-order valence-electron chi connectivity index (χ0n) is 14.5. The topological polar surface area (TPSA) is 75.8 Å². The van der Waals surface area contributed by atoms with Crippen molar-refractivity contribution in [1.82, 2.24) is 4.90 Å². The predicted molar refractivity (Wildman–Crippen MR) is 86.5 cm³/mol. The minimum Gasteiger partial charge on any atom is -0.444 e. The Kier molecular flexibility index (Phi) is 4.79. The van der Waals surface area contributed by atoms with E-state index in [0.717, 1.165) is 32.1 Å². The van der Waals surface area contributed by atoms with Crippen LogP contribution in [0.5, 0.6) is 0 Å². The van der Waals surface area contributed by atoms with Gasteiger partial charge in [0.05, 0.1) is 11.1 Å². The maximum atomic E-state index is 12.2. The Morgan fingerprint density at radius 2 is 1.91 bits per heavy atom. The summed E-state index contributed by atoms with van der Waals surface area (Å²) in [5, 5.41) is 11.1. The van der Waals surface area contributed by atoms with Gasteiger partial charge in [0.25, 0.3) is 0 Å². The number of amides is 1. The standard InChI is InChI=1S/C17H32N2O3/c1-5-13-6-8-17(21,9-7-13)16(18)10-11-19(12-16)14(20)22-15(2,3)4/h13,21H,5-12,18H2,1-4H3. The highest BCUT2D eigenvalue weighted by atomic mass is 16.6. The lowest BCUT2D eigenvalue weighted by Gasteiger charge is -2.46. The van der Waals surface area contributed by atoms with Crippen molar-refractivity contribution in [2.75, 3.05) is 13.1 Å². The van der Waals surface area contributed by atoms with Crippen molar-refractivity contribution in [3.63, 3.8) is 0 Å². The molecule has 3 N–H and O–H groups in total. The zero-order valence-corrected chi connectivity index (χ0v) is 14.5. The van der Waals surface area contributed by atoms with E-state index >= 15 is 0 Å². The zero-order chi connectivity index (χ0) is 16.6. The van der Waals surface area contributed by atoms with Gasteiger partial charge in [-0.25, -0.2) is 4.79 Å². The van der Waals surface area contributed by atoms with Crippen LogP contribution in [0.3, 0.4) is 0 Å². The molecule has 128 valence electrons. The number of carbonyl (C=O) groups excluding carboxylic acids is 1. The Bertz CT molecular complexity index is 411. The molecular formula is C17H32N2O3. The second-order valence-electron chi connectivity index (χ2n) is 8.19. The van der Waals surface area contributed by atoms with Crippen LogP contribution in [0.25, 0.3) is 0 Å². The van der Waals surface area contributed by atoms with Gasteiger partial charge in [0.1, 0.15) is 5.60 Å². The highest BCUT2D eigenvalue weighted by Crippen LogP contribution is 2.43. The fraction of sp³-hybridized carbons (Fsp3) is 0.941. The molecule has 1 aliphatic heterocycles. The highest BCUT2D eigenvalue weighted by Gasteiger charge is 2.53. The van der Waals surface area contributed by atoms with Crippen LogP contribution < -0.4 is 5.73 Å². The number of ether oxygens (including phenoxy) is 1. The molecular weight excluding hydrogens is 280 g/mol. The molecule has 1 unspecified atom stereocenters. The van der Waals surface area contributed by atoms with Crippen LogP contribution in [0.4, 0.5) is 4.79 Å². The van der Waals surface area contributed by atoms with Crippen LogP contribution in [0, 0.1) is 5.92 Å². The van der Waals surface area contributed by atoms with E-state index in [-0.39, 0.29) is 6.09 Å². The lowest BCUT2D eigenvalue weighted by molar-refractivity contribution is -0.0705. The van der Waals surface area contributed by atoms with Crippen molar-refractivity contribution in [2.24, 2.45) is 11.7 Å². The molecule has 2 fully saturated rings. The molecule has 5 heteroatoms. The van der Waals surface area contributed by atoms with Gasteiger partial charge in [0.15, 0.2) is 0 Å². The number of nitrogens with two attached hydrogens (primary N) is 1. The van der Waals surface area contributed by atoms with E-state index in [1.807, 2.05) is 20.8 Å². The fourth-order valence-corrected chi connectivity index (χ4v) is 3.76. The first-order valence-electron chi connectivity index (χ1n) is 8.58. The van der Waals surface area contributed by atoms with Crippen molar-refractivity contribution >= 4 is 6.09 Å². The van der Waals surface area contributed by atoms with Gasteiger partial charge in [-0.05, 0) is 58.8 Å². The van der Waals surface area contributed by atoms with E-state index in [1.165, 1.54) is 0 Å². The van der Waals surface area contributed by atoms with E-state index in [9.17, 15) is 9.90 Å². The Hall–Kier alpha value is -0.810.